The van der Waals surface area contributed by atoms with Gasteiger partial charge in [0.25, 0.3) is 11.7 Å². The highest BCUT2D eigenvalue weighted by molar-refractivity contribution is 6.33. The minimum Gasteiger partial charge on any atom is -0.481 e. The first-order valence-electron chi connectivity index (χ1n) is 8.76. The normalized spacial score (nSPS) is 10.3. The molecule has 9 heteroatoms. The molecule has 3 rings (SSSR count). The van der Waals surface area contributed by atoms with Crippen molar-refractivity contribution in [2.75, 3.05) is 17.7 Å². The summed E-state index contributed by atoms with van der Waals surface area (Å²) in [5, 5.41) is 5.80. The minimum atomic E-state index is -0.502. The van der Waals surface area contributed by atoms with Crippen molar-refractivity contribution in [1.29, 1.82) is 0 Å². The van der Waals surface area contributed by atoms with Crippen LogP contribution >= 0.6 is 11.6 Å². The van der Waals surface area contributed by atoms with Gasteiger partial charge in [0.15, 0.2) is 0 Å². The summed E-state index contributed by atoms with van der Waals surface area (Å²) in [4.78, 5) is 24.7. The molecular formula is C21H17ClFN5O2. The zero-order chi connectivity index (χ0) is 21.8. The summed E-state index contributed by atoms with van der Waals surface area (Å²) in [6.07, 6.45) is 0. The van der Waals surface area contributed by atoms with Gasteiger partial charge in [-0.25, -0.2) is 9.37 Å². The maximum Gasteiger partial charge on any atom is 0.290 e. The van der Waals surface area contributed by atoms with Crippen LogP contribution in [0, 0.1) is 26.2 Å². The fourth-order valence-corrected chi connectivity index (χ4v) is 2.89. The van der Waals surface area contributed by atoms with Gasteiger partial charge in [-0.3, -0.25) is 4.79 Å². The molecule has 152 valence electrons. The molecule has 7 nitrogen and oxygen atoms in total. The second-order valence-electron chi connectivity index (χ2n) is 6.33. The van der Waals surface area contributed by atoms with Crippen LogP contribution in [0.1, 0.15) is 21.6 Å². The molecular weight excluding hydrogens is 409 g/mol. The Morgan fingerprint density at radius 2 is 1.90 bits per heavy atom. The van der Waals surface area contributed by atoms with Gasteiger partial charge in [-0.15, -0.1) is 0 Å². The summed E-state index contributed by atoms with van der Waals surface area (Å²) in [6.45, 7) is 10.7. The number of aryl methyl sites for hydroxylation is 2. The van der Waals surface area contributed by atoms with Gasteiger partial charge >= 0.3 is 0 Å². The van der Waals surface area contributed by atoms with Crippen LogP contribution in [0.4, 0.5) is 27.4 Å². The first-order valence-corrected chi connectivity index (χ1v) is 9.14. The lowest BCUT2D eigenvalue weighted by Crippen LogP contribution is -2.16. The molecule has 0 unspecified atom stereocenters. The molecule has 0 radical (unpaired) electrons. The highest BCUT2D eigenvalue weighted by atomic mass is 35.5. The fourth-order valence-electron chi connectivity index (χ4n) is 2.69. The zero-order valence-corrected chi connectivity index (χ0v) is 17.1. The Morgan fingerprint density at radius 1 is 1.17 bits per heavy atom. The van der Waals surface area contributed by atoms with E-state index >= 15 is 0 Å². The molecule has 2 heterocycles. The zero-order valence-electron chi connectivity index (χ0n) is 16.4. The molecule has 0 fully saturated rings. The SMILES string of the molecule is [C-]#[N+]c1nc(Nc2ccc(F)cc2C)c(C(=O)Nc2ccc(OC)nc2C)cc1Cl. The van der Waals surface area contributed by atoms with Gasteiger partial charge in [-0.05, 0) is 49.7 Å². The molecule has 0 saturated heterocycles. The monoisotopic (exact) mass is 425 g/mol. The number of nitrogens with one attached hydrogen (secondary N) is 2. The number of ether oxygens (including phenoxy) is 1. The van der Waals surface area contributed by atoms with E-state index < -0.39 is 5.91 Å². The summed E-state index contributed by atoms with van der Waals surface area (Å²) in [5.74, 6) is -0.400. The van der Waals surface area contributed by atoms with Gasteiger partial charge in [0, 0.05) is 11.8 Å². The van der Waals surface area contributed by atoms with Crippen LogP contribution in [-0.4, -0.2) is 23.0 Å². The molecule has 0 atom stereocenters. The van der Waals surface area contributed by atoms with Crippen molar-refractivity contribution in [2.24, 2.45) is 0 Å². The number of halogens is 2. The van der Waals surface area contributed by atoms with Crippen LogP contribution in [-0.2, 0) is 0 Å². The van der Waals surface area contributed by atoms with E-state index in [4.69, 9.17) is 22.9 Å². The van der Waals surface area contributed by atoms with E-state index in [9.17, 15) is 9.18 Å². The molecule has 2 N–H and O–H groups in total. The number of benzene rings is 1. The van der Waals surface area contributed by atoms with Gasteiger partial charge in [0.1, 0.15) is 11.4 Å². The van der Waals surface area contributed by atoms with Gasteiger partial charge < -0.3 is 20.2 Å². The number of amides is 1. The van der Waals surface area contributed by atoms with Crippen molar-refractivity contribution in [3.63, 3.8) is 0 Å². The molecule has 0 saturated carbocycles. The van der Waals surface area contributed by atoms with Gasteiger partial charge in [0.2, 0.25) is 11.7 Å². The molecule has 1 amide bonds. The number of carbonyl (C=O) groups excluding carboxylic acids is 1. The standard InChI is InChI=1S/C21H17ClFN5O2/c1-11-9-13(23)5-6-16(11)26-19-14(10-15(22)20(24-3)28-19)21(29)27-17-7-8-18(30-4)25-12(17)2/h5-10H,1-2,4H3,(H,26,28)(H,27,29). The first kappa shape index (κ1) is 21.0. The van der Waals surface area contributed by atoms with Crippen molar-refractivity contribution in [3.8, 4) is 5.88 Å². The lowest BCUT2D eigenvalue weighted by molar-refractivity contribution is 0.102. The van der Waals surface area contributed by atoms with Crippen LogP contribution < -0.4 is 15.4 Å². The first-order chi connectivity index (χ1) is 14.3. The summed E-state index contributed by atoms with van der Waals surface area (Å²) < 4.78 is 18.5. The third kappa shape index (κ3) is 4.47. The molecule has 2 aromatic heterocycles. The highest BCUT2D eigenvalue weighted by Crippen LogP contribution is 2.31. The molecule has 0 aliphatic heterocycles. The topological polar surface area (TPSA) is 80.5 Å². The number of methoxy groups -OCH3 is 1. The average Bonchev–Trinajstić information content (AvgIpc) is 2.72. The summed E-state index contributed by atoms with van der Waals surface area (Å²) in [6, 6.07) is 8.81. The average molecular weight is 426 g/mol. The minimum absolute atomic E-state index is 0.0427. The maximum absolute atomic E-state index is 13.4. The smallest absolute Gasteiger partial charge is 0.290 e. The number of nitrogens with zero attached hydrogens (tertiary/aromatic N) is 3. The van der Waals surface area contributed by atoms with Crippen molar-refractivity contribution < 1.29 is 13.9 Å². The van der Waals surface area contributed by atoms with E-state index in [-0.39, 0.29) is 28.0 Å². The van der Waals surface area contributed by atoms with Crippen LogP contribution in [0.5, 0.6) is 5.88 Å². The quantitative estimate of drug-likeness (QED) is 0.532. The van der Waals surface area contributed by atoms with Gasteiger partial charge in [-0.1, -0.05) is 23.2 Å². The predicted molar refractivity (Wildman–Crippen MR) is 113 cm³/mol. The van der Waals surface area contributed by atoms with Crippen LogP contribution in [0.15, 0.2) is 36.4 Å². The Hall–Kier alpha value is -3.70. The third-order valence-corrected chi connectivity index (χ3v) is 4.55. The summed E-state index contributed by atoms with van der Waals surface area (Å²) >= 11 is 6.11. The summed E-state index contributed by atoms with van der Waals surface area (Å²) in [5.41, 5.74) is 2.31. The fraction of sp³-hybridized carbons (Fsp3) is 0.143. The molecule has 0 aliphatic rings. The van der Waals surface area contributed by atoms with E-state index in [0.717, 1.165) is 0 Å². The van der Waals surface area contributed by atoms with Crippen molar-refractivity contribution >= 4 is 40.5 Å². The number of pyridine rings is 2. The third-order valence-electron chi connectivity index (χ3n) is 4.27. The molecule has 3 aromatic rings. The molecule has 1 aromatic carbocycles. The number of aromatic nitrogens is 2. The van der Waals surface area contributed by atoms with E-state index in [2.05, 4.69) is 25.4 Å². The Morgan fingerprint density at radius 3 is 2.53 bits per heavy atom. The number of hydrogen-bond donors (Lipinski definition) is 2. The second kappa shape index (κ2) is 8.76. The number of anilines is 3. The number of rotatable bonds is 5. The Kier molecular flexibility index (Phi) is 6.14. The highest BCUT2D eigenvalue weighted by Gasteiger charge is 2.21. The van der Waals surface area contributed by atoms with Gasteiger partial charge in [-0.2, -0.15) is 0 Å². The van der Waals surface area contributed by atoms with Crippen LogP contribution in [0.25, 0.3) is 4.85 Å². The van der Waals surface area contributed by atoms with Crippen molar-refractivity contribution in [1.82, 2.24) is 9.97 Å². The summed E-state index contributed by atoms with van der Waals surface area (Å²) in [7, 11) is 1.50. The maximum atomic E-state index is 13.4. The van der Waals surface area contributed by atoms with E-state index in [1.807, 2.05) is 0 Å². The van der Waals surface area contributed by atoms with Crippen LogP contribution in [0.3, 0.4) is 0 Å². The van der Waals surface area contributed by atoms with Crippen molar-refractivity contribution in [3.05, 3.63) is 75.5 Å². The largest absolute Gasteiger partial charge is 0.481 e. The lowest BCUT2D eigenvalue weighted by atomic mass is 10.1. The Bertz CT molecular complexity index is 1180. The molecule has 30 heavy (non-hydrogen) atoms. The number of hydrogen-bond acceptors (Lipinski definition) is 5. The molecule has 0 aliphatic carbocycles. The van der Waals surface area contributed by atoms with Crippen LogP contribution in [0.2, 0.25) is 5.02 Å². The predicted octanol–water partition coefficient (Wildman–Crippen LogP) is 5.44. The van der Waals surface area contributed by atoms with E-state index in [1.165, 1.54) is 31.4 Å². The van der Waals surface area contributed by atoms with Crippen molar-refractivity contribution in [2.45, 2.75) is 13.8 Å². The second-order valence-corrected chi connectivity index (χ2v) is 6.73. The number of carbonyl (C=O) groups is 1. The lowest BCUT2D eigenvalue weighted by Gasteiger charge is -2.13. The molecule has 0 spiro atoms. The van der Waals surface area contributed by atoms with E-state index in [1.54, 1.807) is 26.0 Å². The Labute approximate surface area is 177 Å². The van der Waals surface area contributed by atoms with E-state index in [0.29, 0.717) is 28.5 Å². The Balaban J connectivity index is 1.99. The van der Waals surface area contributed by atoms with Gasteiger partial charge in [0.05, 0.1) is 23.5 Å². The molecule has 0 bridgehead atoms.